The fourth-order valence-corrected chi connectivity index (χ4v) is 2.34. The number of para-hydroxylation sites is 2. The Hall–Kier alpha value is -2.77. The van der Waals surface area contributed by atoms with E-state index < -0.39 is 18.0 Å². The number of urea groups is 1. The Bertz CT molecular complexity index is 605. The normalized spacial score (nSPS) is 17.2. The van der Waals surface area contributed by atoms with E-state index in [-0.39, 0.29) is 12.3 Å². The van der Waals surface area contributed by atoms with Crippen molar-refractivity contribution in [2.45, 2.75) is 12.5 Å². The van der Waals surface area contributed by atoms with Crippen molar-refractivity contribution in [3.05, 3.63) is 24.3 Å². The van der Waals surface area contributed by atoms with Crippen LogP contribution in [0.4, 0.5) is 10.5 Å². The lowest BCUT2D eigenvalue weighted by Crippen LogP contribution is -2.58. The summed E-state index contributed by atoms with van der Waals surface area (Å²) in [7, 11) is 2.74. The topological polar surface area (TPSA) is 97.0 Å². The molecule has 8 nitrogen and oxygen atoms in total. The van der Waals surface area contributed by atoms with Crippen LogP contribution in [0.25, 0.3) is 0 Å². The van der Waals surface area contributed by atoms with Gasteiger partial charge in [0, 0.05) is 13.1 Å². The number of benzene rings is 1. The van der Waals surface area contributed by atoms with Gasteiger partial charge < -0.3 is 25.0 Å². The second-order valence-corrected chi connectivity index (χ2v) is 4.91. The average molecular weight is 321 g/mol. The number of anilines is 1. The van der Waals surface area contributed by atoms with Crippen LogP contribution in [0.2, 0.25) is 0 Å². The maximum atomic E-state index is 12.5. The summed E-state index contributed by atoms with van der Waals surface area (Å²) in [6, 6.07) is 5.57. The Labute approximate surface area is 133 Å². The van der Waals surface area contributed by atoms with E-state index in [1.807, 2.05) is 0 Å². The van der Waals surface area contributed by atoms with Crippen molar-refractivity contribution in [2.24, 2.45) is 0 Å². The van der Waals surface area contributed by atoms with E-state index in [0.29, 0.717) is 24.5 Å². The molecular weight excluding hydrogens is 302 g/mol. The molecule has 1 fully saturated rings. The van der Waals surface area contributed by atoms with Gasteiger partial charge >= 0.3 is 12.0 Å². The number of methoxy groups -OCH3 is 2. The number of carbonyl (C=O) groups excluding carboxylic acids is 3. The Morgan fingerprint density at radius 1 is 1.35 bits per heavy atom. The first kappa shape index (κ1) is 16.6. The summed E-state index contributed by atoms with van der Waals surface area (Å²) < 4.78 is 9.76. The third kappa shape index (κ3) is 3.91. The zero-order valence-corrected chi connectivity index (χ0v) is 13.0. The Balaban J connectivity index is 2.14. The van der Waals surface area contributed by atoms with Crippen LogP contribution in [-0.2, 0) is 14.3 Å². The van der Waals surface area contributed by atoms with Crippen LogP contribution in [0.1, 0.15) is 6.42 Å². The maximum absolute atomic E-state index is 12.5. The van der Waals surface area contributed by atoms with Crippen LogP contribution in [0.3, 0.4) is 0 Å². The summed E-state index contributed by atoms with van der Waals surface area (Å²) in [4.78, 5) is 37.3. The minimum atomic E-state index is -0.897. The van der Waals surface area contributed by atoms with E-state index >= 15 is 0 Å². The van der Waals surface area contributed by atoms with Gasteiger partial charge in [-0.3, -0.25) is 9.59 Å². The first-order valence-electron chi connectivity index (χ1n) is 7.12. The molecule has 0 bridgehead atoms. The number of hydrogen-bond donors (Lipinski definition) is 2. The lowest BCUT2D eigenvalue weighted by molar-refractivity contribution is -0.145. The van der Waals surface area contributed by atoms with Gasteiger partial charge in [-0.05, 0) is 12.1 Å². The van der Waals surface area contributed by atoms with E-state index in [4.69, 9.17) is 4.74 Å². The number of nitrogens with one attached hydrogen (secondary N) is 2. The molecule has 3 amide bonds. The average Bonchev–Trinajstić information content (AvgIpc) is 2.56. The van der Waals surface area contributed by atoms with Gasteiger partial charge in [0.05, 0.1) is 26.3 Å². The van der Waals surface area contributed by atoms with Gasteiger partial charge in [-0.15, -0.1) is 0 Å². The highest BCUT2D eigenvalue weighted by Gasteiger charge is 2.35. The molecule has 1 aliphatic rings. The molecule has 1 aromatic carbocycles. The minimum absolute atomic E-state index is 0.193. The number of hydrogen-bond acceptors (Lipinski definition) is 5. The van der Waals surface area contributed by atoms with E-state index in [1.165, 1.54) is 19.1 Å². The van der Waals surface area contributed by atoms with Gasteiger partial charge in [0.15, 0.2) is 0 Å². The SMILES string of the molecule is COC(=O)CC1C(=O)NCCN1C(=O)Nc1ccccc1OC. The van der Waals surface area contributed by atoms with Crippen LogP contribution in [0.15, 0.2) is 24.3 Å². The quantitative estimate of drug-likeness (QED) is 0.791. The Kier molecular flexibility index (Phi) is 5.40. The first-order chi connectivity index (χ1) is 11.1. The molecule has 1 unspecified atom stereocenters. The predicted molar refractivity (Wildman–Crippen MR) is 82.1 cm³/mol. The zero-order chi connectivity index (χ0) is 16.8. The number of amides is 3. The third-order valence-electron chi connectivity index (χ3n) is 3.53. The molecule has 1 atom stereocenters. The highest BCUT2D eigenvalue weighted by atomic mass is 16.5. The van der Waals surface area contributed by atoms with E-state index in [0.717, 1.165) is 0 Å². The van der Waals surface area contributed by atoms with Crippen molar-refractivity contribution < 1.29 is 23.9 Å². The zero-order valence-electron chi connectivity index (χ0n) is 13.0. The second kappa shape index (κ2) is 7.48. The predicted octanol–water partition coefficient (Wildman–Crippen LogP) is 0.591. The lowest BCUT2D eigenvalue weighted by atomic mass is 10.1. The molecule has 2 rings (SSSR count). The van der Waals surface area contributed by atoms with Crippen molar-refractivity contribution in [2.75, 3.05) is 32.6 Å². The molecule has 2 N–H and O–H groups in total. The van der Waals surface area contributed by atoms with Gasteiger partial charge in [-0.1, -0.05) is 12.1 Å². The smallest absolute Gasteiger partial charge is 0.322 e. The maximum Gasteiger partial charge on any atom is 0.322 e. The number of piperazine rings is 1. The number of ether oxygens (including phenoxy) is 2. The van der Waals surface area contributed by atoms with Gasteiger partial charge in [0.1, 0.15) is 11.8 Å². The largest absolute Gasteiger partial charge is 0.495 e. The van der Waals surface area contributed by atoms with Crippen LogP contribution in [0.5, 0.6) is 5.75 Å². The molecule has 23 heavy (non-hydrogen) atoms. The summed E-state index contributed by atoms with van der Waals surface area (Å²) in [5, 5.41) is 5.34. The first-order valence-corrected chi connectivity index (χ1v) is 7.12. The minimum Gasteiger partial charge on any atom is -0.495 e. The Morgan fingerprint density at radius 2 is 2.09 bits per heavy atom. The molecule has 0 aliphatic carbocycles. The Morgan fingerprint density at radius 3 is 2.78 bits per heavy atom. The molecule has 8 heteroatoms. The molecule has 1 saturated heterocycles. The van der Waals surface area contributed by atoms with E-state index in [1.54, 1.807) is 24.3 Å². The highest BCUT2D eigenvalue weighted by Crippen LogP contribution is 2.24. The molecule has 1 aromatic rings. The highest BCUT2D eigenvalue weighted by molar-refractivity contribution is 5.96. The third-order valence-corrected chi connectivity index (χ3v) is 3.53. The molecule has 0 spiro atoms. The van der Waals surface area contributed by atoms with Crippen molar-refractivity contribution in [3.8, 4) is 5.75 Å². The number of nitrogens with zero attached hydrogens (tertiary/aromatic N) is 1. The monoisotopic (exact) mass is 321 g/mol. The molecule has 0 aromatic heterocycles. The summed E-state index contributed by atoms with van der Waals surface area (Å²) in [6.07, 6.45) is -0.193. The van der Waals surface area contributed by atoms with Gasteiger partial charge in [-0.2, -0.15) is 0 Å². The summed E-state index contributed by atoms with van der Waals surface area (Å²) in [5.74, 6) is -0.425. The van der Waals surface area contributed by atoms with Gasteiger partial charge in [-0.25, -0.2) is 4.79 Å². The van der Waals surface area contributed by atoms with Crippen molar-refractivity contribution in [1.82, 2.24) is 10.2 Å². The van der Waals surface area contributed by atoms with Crippen LogP contribution in [0, 0.1) is 0 Å². The fraction of sp³-hybridized carbons (Fsp3) is 0.400. The second-order valence-electron chi connectivity index (χ2n) is 4.91. The molecule has 0 radical (unpaired) electrons. The summed E-state index contributed by atoms with van der Waals surface area (Å²) in [6.45, 7) is 0.629. The standard InChI is InChI=1S/C15H19N3O5/c1-22-12-6-4-3-5-10(12)17-15(21)18-8-7-16-14(20)11(18)9-13(19)23-2/h3-6,11H,7-9H2,1-2H3,(H,16,20)(H,17,21). The summed E-state index contributed by atoms with van der Waals surface area (Å²) in [5.41, 5.74) is 0.489. The number of carbonyl (C=O) groups is 3. The van der Waals surface area contributed by atoms with Crippen molar-refractivity contribution >= 4 is 23.6 Å². The summed E-state index contributed by atoms with van der Waals surface area (Å²) >= 11 is 0. The van der Waals surface area contributed by atoms with Crippen molar-refractivity contribution in [3.63, 3.8) is 0 Å². The van der Waals surface area contributed by atoms with E-state index in [2.05, 4.69) is 15.4 Å². The fourth-order valence-electron chi connectivity index (χ4n) is 2.34. The van der Waals surface area contributed by atoms with Crippen molar-refractivity contribution in [1.29, 1.82) is 0 Å². The lowest BCUT2D eigenvalue weighted by Gasteiger charge is -2.34. The van der Waals surface area contributed by atoms with E-state index in [9.17, 15) is 14.4 Å². The van der Waals surface area contributed by atoms with Crippen LogP contribution < -0.4 is 15.4 Å². The van der Waals surface area contributed by atoms with Crippen LogP contribution >= 0.6 is 0 Å². The molecule has 124 valence electrons. The van der Waals surface area contributed by atoms with Crippen LogP contribution in [-0.4, -0.2) is 56.2 Å². The molecule has 0 saturated carbocycles. The molecule has 1 aliphatic heterocycles. The number of rotatable bonds is 4. The van der Waals surface area contributed by atoms with Gasteiger partial charge in [0.25, 0.3) is 0 Å². The molecular formula is C15H19N3O5. The van der Waals surface area contributed by atoms with Gasteiger partial charge in [0.2, 0.25) is 5.91 Å². The number of esters is 1. The molecule has 1 heterocycles.